The summed E-state index contributed by atoms with van der Waals surface area (Å²) in [5.74, 6) is 0.540. The maximum absolute atomic E-state index is 13.6. The summed E-state index contributed by atoms with van der Waals surface area (Å²) in [7, 11) is 0. The number of aromatic nitrogens is 5. The molecule has 0 spiro atoms. The van der Waals surface area contributed by atoms with E-state index >= 15 is 0 Å². The molecule has 2 N–H and O–H groups in total. The summed E-state index contributed by atoms with van der Waals surface area (Å²) in [5, 5.41) is 16.9. The van der Waals surface area contributed by atoms with E-state index in [-0.39, 0.29) is 5.82 Å². The minimum atomic E-state index is -0.237. The van der Waals surface area contributed by atoms with E-state index in [9.17, 15) is 4.39 Å². The normalized spacial score (nSPS) is 15.0. The van der Waals surface area contributed by atoms with Crippen LogP contribution >= 0.6 is 0 Å². The first kappa shape index (κ1) is 21.7. The lowest BCUT2D eigenvalue weighted by Crippen LogP contribution is -2.27. The Hall–Kier alpha value is -3.82. The maximum atomic E-state index is 13.6. The van der Waals surface area contributed by atoms with Crippen LogP contribution in [0.5, 0.6) is 0 Å². The van der Waals surface area contributed by atoms with Gasteiger partial charge < -0.3 is 10.6 Å². The maximum Gasteiger partial charge on any atom is 0.158 e. The zero-order valence-corrected chi connectivity index (χ0v) is 19.4. The van der Waals surface area contributed by atoms with Gasteiger partial charge >= 0.3 is 0 Å². The summed E-state index contributed by atoms with van der Waals surface area (Å²) in [6.45, 7) is 5.58. The third kappa shape index (κ3) is 4.60. The van der Waals surface area contributed by atoms with Crippen LogP contribution in [0, 0.1) is 5.82 Å². The summed E-state index contributed by atoms with van der Waals surface area (Å²) in [6.07, 6.45) is 6.56. The Bertz CT molecular complexity index is 1470. The molecule has 0 radical (unpaired) electrons. The molecule has 0 saturated carbocycles. The van der Waals surface area contributed by atoms with Gasteiger partial charge in [0.1, 0.15) is 17.7 Å². The summed E-state index contributed by atoms with van der Waals surface area (Å²) >= 11 is 0. The van der Waals surface area contributed by atoms with Gasteiger partial charge in [0.05, 0.1) is 18.3 Å². The molecule has 4 heterocycles. The summed E-state index contributed by atoms with van der Waals surface area (Å²) in [6, 6.07) is 14.9. The van der Waals surface area contributed by atoms with Gasteiger partial charge in [-0.25, -0.2) is 13.9 Å². The second-order valence-electron chi connectivity index (χ2n) is 8.95. The predicted octanol–water partition coefficient (Wildman–Crippen LogP) is 3.81. The lowest BCUT2D eigenvalue weighted by Gasteiger charge is -2.19. The number of benzene rings is 2. The molecule has 3 aromatic heterocycles. The molecule has 0 unspecified atom stereocenters. The Balaban J connectivity index is 1.26. The van der Waals surface area contributed by atoms with E-state index in [1.54, 1.807) is 18.5 Å². The van der Waals surface area contributed by atoms with Crippen LogP contribution in [0.3, 0.4) is 0 Å². The second-order valence-corrected chi connectivity index (χ2v) is 8.95. The molecule has 8 nitrogen and oxygen atoms in total. The third-order valence-electron chi connectivity index (χ3n) is 6.49. The number of nitrogens with zero attached hydrogens (tertiary/aromatic N) is 6. The van der Waals surface area contributed by atoms with Crippen LogP contribution in [-0.2, 0) is 13.1 Å². The fourth-order valence-electron chi connectivity index (χ4n) is 4.77. The Morgan fingerprint density at radius 1 is 1.00 bits per heavy atom. The fourth-order valence-corrected chi connectivity index (χ4v) is 4.77. The number of anilines is 2. The summed E-state index contributed by atoms with van der Waals surface area (Å²) < 4.78 is 17.4. The van der Waals surface area contributed by atoms with Gasteiger partial charge in [0.15, 0.2) is 5.82 Å². The largest absolute Gasteiger partial charge is 0.338 e. The topological polar surface area (TPSA) is 75.3 Å². The molecule has 35 heavy (non-hydrogen) atoms. The van der Waals surface area contributed by atoms with Gasteiger partial charge in [-0.2, -0.15) is 10.2 Å². The van der Waals surface area contributed by atoms with E-state index in [0.29, 0.717) is 6.54 Å². The number of nitrogens with one attached hydrogen (secondary N) is 2. The molecular formula is C26H27FN8. The van der Waals surface area contributed by atoms with Crippen LogP contribution < -0.4 is 10.6 Å². The third-order valence-corrected chi connectivity index (χ3v) is 6.49. The van der Waals surface area contributed by atoms with Crippen LogP contribution in [0.2, 0.25) is 0 Å². The molecular weight excluding hydrogens is 443 g/mol. The predicted molar refractivity (Wildman–Crippen MR) is 134 cm³/mol. The van der Waals surface area contributed by atoms with Crippen molar-refractivity contribution in [2.45, 2.75) is 19.5 Å². The molecule has 0 amide bonds. The zero-order chi connectivity index (χ0) is 23.6. The van der Waals surface area contributed by atoms with E-state index in [1.807, 2.05) is 39.8 Å². The fraction of sp³-hybridized carbons (Fsp3) is 0.269. The number of hydrogen-bond acceptors (Lipinski definition) is 6. The molecule has 5 aromatic rings. The zero-order valence-electron chi connectivity index (χ0n) is 19.4. The minimum absolute atomic E-state index is 0.237. The lowest BCUT2D eigenvalue weighted by molar-refractivity contribution is 0.285. The second kappa shape index (κ2) is 9.44. The smallest absolute Gasteiger partial charge is 0.158 e. The molecule has 1 aliphatic heterocycles. The number of rotatable bonds is 6. The number of fused-ring (bicyclic) bond motifs is 2. The molecule has 0 aliphatic carbocycles. The van der Waals surface area contributed by atoms with Crippen LogP contribution in [0.4, 0.5) is 15.9 Å². The highest BCUT2D eigenvalue weighted by Gasteiger charge is 2.15. The van der Waals surface area contributed by atoms with Gasteiger partial charge in [0.25, 0.3) is 0 Å². The van der Waals surface area contributed by atoms with Crippen LogP contribution in [0.15, 0.2) is 67.3 Å². The van der Waals surface area contributed by atoms with Crippen LogP contribution in [0.1, 0.15) is 17.5 Å². The first-order valence-corrected chi connectivity index (χ1v) is 11.9. The lowest BCUT2D eigenvalue weighted by atomic mass is 10.2. The Kier molecular flexibility index (Phi) is 5.85. The van der Waals surface area contributed by atoms with Crippen LogP contribution in [-0.4, -0.2) is 55.5 Å². The van der Waals surface area contributed by atoms with Crippen molar-refractivity contribution in [2.24, 2.45) is 0 Å². The van der Waals surface area contributed by atoms with Crippen molar-refractivity contribution in [3.63, 3.8) is 0 Å². The van der Waals surface area contributed by atoms with Gasteiger partial charge in [-0.15, -0.1) is 0 Å². The molecule has 1 fully saturated rings. The van der Waals surface area contributed by atoms with Gasteiger partial charge in [-0.1, -0.05) is 12.1 Å². The monoisotopic (exact) mass is 470 g/mol. The van der Waals surface area contributed by atoms with Crippen molar-refractivity contribution in [1.82, 2.24) is 34.6 Å². The van der Waals surface area contributed by atoms with Crippen molar-refractivity contribution in [3.05, 3.63) is 84.2 Å². The van der Waals surface area contributed by atoms with E-state index in [1.165, 1.54) is 11.6 Å². The summed E-state index contributed by atoms with van der Waals surface area (Å²) in [5.41, 5.74) is 4.99. The standard InChI is InChI=1S/C26H27FN8/c27-22-4-1-3-19(13-22)16-35-24-6-5-23(14-21(24)15-30-35)32-26-25-20(7-11-34(25)31-18-29-26)17-33-10-2-8-28-9-12-33/h1,3-7,11,13-15,18,28H,2,8-10,12,16-17H2,(H,29,31,32). The molecule has 1 saturated heterocycles. The first-order chi connectivity index (χ1) is 17.2. The Morgan fingerprint density at radius 3 is 2.91 bits per heavy atom. The van der Waals surface area contributed by atoms with Crippen molar-refractivity contribution in [1.29, 1.82) is 0 Å². The number of halogens is 1. The van der Waals surface area contributed by atoms with Crippen molar-refractivity contribution in [2.75, 3.05) is 31.5 Å². The van der Waals surface area contributed by atoms with Crippen molar-refractivity contribution in [3.8, 4) is 0 Å². The van der Waals surface area contributed by atoms with E-state index in [0.717, 1.165) is 72.6 Å². The molecule has 2 aromatic carbocycles. The molecule has 1 aliphatic rings. The molecule has 178 valence electrons. The Morgan fingerprint density at radius 2 is 1.97 bits per heavy atom. The first-order valence-electron chi connectivity index (χ1n) is 11.9. The highest BCUT2D eigenvalue weighted by atomic mass is 19.1. The average Bonchev–Trinajstić information content (AvgIpc) is 3.35. The molecule has 0 bridgehead atoms. The SMILES string of the molecule is Fc1cccc(Cn2ncc3cc(Nc4ncnn5ccc(CN6CCCNCC6)c45)ccc32)c1. The van der Waals surface area contributed by atoms with E-state index in [2.05, 4.69) is 42.8 Å². The van der Waals surface area contributed by atoms with Gasteiger partial charge in [-0.3, -0.25) is 9.58 Å². The molecule has 9 heteroatoms. The molecule has 6 rings (SSSR count). The van der Waals surface area contributed by atoms with Crippen molar-refractivity contribution >= 4 is 27.9 Å². The molecule has 0 atom stereocenters. The number of hydrogen-bond donors (Lipinski definition) is 2. The quantitative estimate of drug-likeness (QED) is 0.393. The average molecular weight is 471 g/mol. The highest BCUT2D eigenvalue weighted by molar-refractivity contribution is 5.85. The van der Waals surface area contributed by atoms with Crippen molar-refractivity contribution < 1.29 is 4.39 Å². The minimum Gasteiger partial charge on any atom is -0.338 e. The van der Waals surface area contributed by atoms with Gasteiger partial charge in [0, 0.05) is 36.9 Å². The Labute approximate surface area is 202 Å². The van der Waals surface area contributed by atoms with E-state index < -0.39 is 0 Å². The van der Waals surface area contributed by atoms with Gasteiger partial charge in [0.2, 0.25) is 0 Å². The highest BCUT2D eigenvalue weighted by Crippen LogP contribution is 2.26. The van der Waals surface area contributed by atoms with Crippen LogP contribution in [0.25, 0.3) is 16.4 Å². The van der Waals surface area contributed by atoms with E-state index in [4.69, 9.17) is 0 Å². The van der Waals surface area contributed by atoms with Gasteiger partial charge in [-0.05, 0) is 67.0 Å². The summed E-state index contributed by atoms with van der Waals surface area (Å²) in [4.78, 5) is 7.04.